The SMILES string of the molecule is COCCNc1nc(NCCNC(C)=O)c2sc(-c3ccccc3)cc2n1. The Hall–Kier alpha value is -2.71. The molecule has 0 saturated carbocycles. The summed E-state index contributed by atoms with van der Waals surface area (Å²) in [5.74, 6) is 1.27. The Labute approximate surface area is 162 Å². The third kappa shape index (κ3) is 5.15. The van der Waals surface area contributed by atoms with Crippen molar-refractivity contribution in [3.8, 4) is 10.4 Å². The molecule has 3 N–H and O–H groups in total. The predicted octanol–water partition coefficient (Wildman–Crippen LogP) is 2.96. The quantitative estimate of drug-likeness (QED) is 0.491. The Morgan fingerprint density at radius 1 is 1.11 bits per heavy atom. The first-order valence-corrected chi connectivity index (χ1v) is 9.57. The molecule has 0 aliphatic carbocycles. The zero-order chi connectivity index (χ0) is 19.1. The van der Waals surface area contributed by atoms with Gasteiger partial charge < -0.3 is 20.7 Å². The molecule has 3 aromatic rings. The first-order valence-electron chi connectivity index (χ1n) is 8.75. The monoisotopic (exact) mass is 385 g/mol. The van der Waals surface area contributed by atoms with Crippen LogP contribution in [0.15, 0.2) is 36.4 Å². The molecule has 0 bridgehead atoms. The molecule has 0 aliphatic heterocycles. The summed E-state index contributed by atoms with van der Waals surface area (Å²) in [7, 11) is 1.66. The molecule has 0 unspecified atom stereocenters. The lowest BCUT2D eigenvalue weighted by atomic mass is 10.2. The lowest BCUT2D eigenvalue weighted by Crippen LogP contribution is -2.26. The van der Waals surface area contributed by atoms with Gasteiger partial charge in [-0.05, 0) is 11.6 Å². The molecular weight excluding hydrogens is 362 g/mol. The van der Waals surface area contributed by atoms with Crippen molar-refractivity contribution in [2.45, 2.75) is 6.92 Å². The van der Waals surface area contributed by atoms with Gasteiger partial charge in [0.15, 0.2) is 0 Å². The number of carbonyl (C=O) groups is 1. The molecule has 0 fully saturated rings. The number of thiophene rings is 1. The van der Waals surface area contributed by atoms with E-state index in [-0.39, 0.29) is 5.91 Å². The highest BCUT2D eigenvalue weighted by Gasteiger charge is 2.13. The number of hydrogen-bond acceptors (Lipinski definition) is 7. The number of ether oxygens (including phenoxy) is 1. The van der Waals surface area contributed by atoms with Crippen LogP contribution in [0.1, 0.15) is 6.92 Å². The van der Waals surface area contributed by atoms with Gasteiger partial charge in [-0.2, -0.15) is 4.98 Å². The van der Waals surface area contributed by atoms with E-state index in [0.29, 0.717) is 32.2 Å². The van der Waals surface area contributed by atoms with Crippen molar-refractivity contribution in [2.75, 3.05) is 44.0 Å². The maximum absolute atomic E-state index is 11.0. The van der Waals surface area contributed by atoms with E-state index in [9.17, 15) is 4.79 Å². The van der Waals surface area contributed by atoms with Crippen LogP contribution in [-0.2, 0) is 9.53 Å². The number of nitrogens with one attached hydrogen (secondary N) is 3. The van der Waals surface area contributed by atoms with Gasteiger partial charge in [-0.3, -0.25) is 4.79 Å². The van der Waals surface area contributed by atoms with Crippen LogP contribution in [0.5, 0.6) is 0 Å². The van der Waals surface area contributed by atoms with Crippen molar-refractivity contribution in [1.29, 1.82) is 0 Å². The molecule has 2 aromatic heterocycles. The highest BCUT2D eigenvalue weighted by molar-refractivity contribution is 7.22. The highest BCUT2D eigenvalue weighted by Crippen LogP contribution is 2.36. The maximum atomic E-state index is 11.0. The van der Waals surface area contributed by atoms with Crippen LogP contribution >= 0.6 is 11.3 Å². The number of fused-ring (bicyclic) bond motifs is 1. The number of rotatable bonds is 9. The van der Waals surface area contributed by atoms with Gasteiger partial charge in [-0.15, -0.1) is 11.3 Å². The van der Waals surface area contributed by atoms with Gasteiger partial charge in [0.25, 0.3) is 0 Å². The third-order valence-electron chi connectivity index (χ3n) is 3.81. The van der Waals surface area contributed by atoms with Crippen LogP contribution in [-0.4, -0.2) is 49.2 Å². The summed E-state index contributed by atoms with van der Waals surface area (Å²) in [6, 6.07) is 12.3. The summed E-state index contributed by atoms with van der Waals surface area (Å²) in [6.45, 7) is 3.83. The minimum Gasteiger partial charge on any atom is -0.383 e. The van der Waals surface area contributed by atoms with Crippen molar-refractivity contribution in [3.05, 3.63) is 36.4 Å². The van der Waals surface area contributed by atoms with Crippen molar-refractivity contribution in [3.63, 3.8) is 0 Å². The molecule has 27 heavy (non-hydrogen) atoms. The Balaban J connectivity index is 1.88. The van der Waals surface area contributed by atoms with E-state index >= 15 is 0 Å². The van der Waals surface area contributed by atoms with E-state index in [1.165, 1.54) is 6.92 Å². The van der Waals surface area contributed by atoms with Crippen LogP contribution in [0.2, 0.25) is 0 Å². The zero-order valence-corrected chi connectivity index (χ0v) is 16.2. The number of benzene rings is 1. The molecule has 142 valence electrons. The van der Waals surface area contributed by atoms with Gasteiger partial charge in [0.1, 0.15) is 5.82 Å². The third-order valence-corrected chi connectivity index (χ3v) is 4.99. The van der Waals surface area contributed by atoms with Gasteiger partial charge in [-0.25, -0.2) is 4.98 Å². The van der Waals surface area contributed by atoms with E-state index in [2.05, 4.69) is 44.1 Å². The summed E-state index contributed by atoms with van der Waals surface area (Å²) in [4.78, 5) is 21.4. The average Bonchev–Trinajstić information content (AvgIpc) is 3.10. The number of carbonyl (C=O) groups excluding carboxylic acids is 1. The Morgan fingerprint density at radius 3 is 2.67 bits per heavy atom. The number of hydrogen-bond donors (Lipinski definition) is 3. The largest absolute Gasteiger partial charge is 0.383 e. The maximum Gasteiger partial charge on any atom is 0.225 e. The lowest BCUT2D eigenvalue weighted by molar-refractivity contribution is -0.118. The Kier molecular flexibility index (Phi) is 6.56. The second-order valence-corrected chi connectivity index (χ2v) is 6.97. The molecule has 0 radical (unpaired) electrons. The number of anilines is 2. The molecule has 7 nitrogen and oxygen atoms in total. The molecule has 3 rings (SSSR count). The van der Waals surface area contributed by atoms with Crippen molar-refractivity contribution >= 4 is 39.2 Å². The topological polar surface area (TPSA) is 88.2 Å². The predicted molar refractivity (Wildman–Crippen MR) is 110 cm³/mol. The standard InChI is InChI=1S/C19H23N5O2S/c1-13(25)20-8-9-21-18-17-15(23-19(24-18)22-10-11-26-2)12-16(27-17)14-6-4-3-5-7-14/h3-7,12H,8-11H2,1-2H3,(H,20,25)(H2,21,22,23,24). The van der Waals surface area contributed by atoms with E-state index in [1.807, 2.05) is 18.2 Å². The van der Waals surface area contributed by atoms with Gasteiger partial charge in [0, 0.05) is 38.5 Å². The molecule has 0 spiro atoms. The second-order valence-electron chi connectivity index (χ2n) is 5.92. The molecule has 8 heteroatoms. The normalized spacial score (nSPS) is 10.7. The number of amides is 1. The van der Waals surface area contributed by atoms with Crippen molar-refractivity contribution in [2.24, 2.45) is 0 Å². The van der Waals surface area contributed by atoms with Crippen LogP contribution < -0.4 is 16.0 Å². The summed E-state index contributed by atoms with van der Waals surface area (Å²) in [5.41, 5.74) is 2.04. The van der Waals surface area contributed by atoms with Crippen molar-refractivity contribution < 1.29 is 9.53 Å². The van der Waals surface area contributed by atoms with Crippen LogP contribution in [0.3, 0.4) is 0 Å². The number of nitrogens with zero attached hydrogens (tertiary/aromatic N) is 2. The van der Waals surface area contributed by atoms with Crippen LogP contribution in [0, 0.1) is 0 Å². The highest BCUT2D eigenvalue weighted by atomic mass is 32.1. The number of methoxy groups -OCH3 is 1. The van der Waals surface area contributed by atoms with Crippen LogP contribution in [0.25, 0.3) is 20.7 Å². The Morgan fingerprint density at radius 2 is 1.93 bits per heavy atom. The fourth-order valence-electron chi connectivity index (χ4n) is 2.56. The van der Waals surface area contributed by atoms with E-state index < -0.39 is 0 Å². The van der Waals surface area contributed by atoms with Gasteiger partial charge in [0.05, 0.1) is 16.8 Å². The van der Waals surface area contributed by atoms with E-state index in [1.54, 1.807) is 18.4 Å². The summed E-state index contributed by atoms with van der Waals surface area (Å²) < 4.78 is 6.07. The smallest absolute Gasteiger partial charge is 0.225 e. The summed E-state index contributed by atoms with van der Waals surface area (Å²) in [6.07, 6.45) is 0. The number of aromatic nitrogens is 2. The fraction of sp³-hybridized carbons (Fsp3) is 0.316. The van der Waals surface area contributed by atoms with Crippen LogP contribution in [0.4, 0.5) is 11.8 Å². The molecular formula is C19H23N5O2S. The molecule has 2 heterocycles. The minimum atomic E-state index is -0.0472. The van der Waals surface area contributed by atoms with Gasteiger partial charge in [0.2, 0.25) is 11.9 Å². The van der Waals surface area contributed by atoms with Crippen molar-refractivity contribution in [1.82, 2.24) is 15.3 Å². The van der Waals surface area contributed by atoms with E-state index in [4.69, 9.17) is 4.74 Å². The summed E-state index contributed by atoms with van der Waals surface area (Å²) in [5, 5.41) is 9.27. The summed E-state index contributed by atoms with van der Waals surface area (Å²) >= 11 is 1.65. The Bertz CT molecular complexity index is 898. The van der Waals surface area contributed by atoms with Gasteiger partial charge >= 0.3 is 0 Å². The molecule has 0 aliphatic rings. The lowest BCUT2D eigenvalue weighted by Gasteiger charge is -2.10. The molecule has 0 saturated heterocycles. The zero-order valence-electron chi connectivity index (χ0n) is 15.4. The minimum absolute atomic E-state index is 0.0472. The van der Waals surface area contributed by atoms with E-state index in [0.717, 1.165) is 26.5 Å². The second kappa shape index (κ2) is 9.29. The van der Waals surface area contributed by atoms with Gasteiger partial charge in [-0.1, -0.05) is 30.3 Å². The first kappa shape index (κ1) is 19.1. The first-order chi connectivity index (χ1) is 13.2. The fourth-order valence-corrected chi connectivity index (χ4v) is 3.63. The molecule has 1 amide bonds. The average molecular weight is 385 g/mol. The molecule has 1 aromatic carbocycles. The molecule has 0 atom stereocenters.